The minimum atomic E-state index is -1.03. The second-order valence-electron chi connectivity index (χ2n) is 4.71. The Kier molecular flexibility index (Phi) is 9.99. The molecule has 0 amide bonds. The normalized spacial score (nSPS) is 11.2. The summed E-state index contributed by atoms with van der Waals surface area (Å²) in [6.07, 6.45) is 8.81. The molecule has 22 heavy (non-hydrogen) atoms. The van der Waals surface area contributed by atoms with Gasteiger partial charge in [0, 0.05) is 12.6 Å². The van der Waals surface area contributed by atoms with Gasteiger partial charge in [0.05, 0.1) is 17.1 Å². The standard InChI is InChI=1S/C11H17Cl2NOS.C3H3NOS/c1-2-3-4-5-6-7-8-14-11(15)9(12)10(13)16-14;5-6-3-1-2-4-6/h2-8H2,1H3;1-3H. The van der Waals surface area contributed by atoms with Crippen molar-refractivity contribution in [3.05, 3.63) is 37.4 Å². The molecule has 0 aliphatic carbocycles. The molecule has 0 spiro atoms. The van der Waals surface area contributed by atoms with Crippen molar-refractivity contribution in [3.63, 3.8) is 0 Å². The minimum Gasteiger partial charge on any atom is -0.569 e. The predicted octanol–water partition coefficient (Wildman–Crippen LogP) is 5.39. The molecular formula is C14H20Cl2N2O2S2. The van der Waals surface area contributed by atoms with Crippen LogP contribution in [0.1, 0.15) is 45.4 Å². The van der Waals surface area contributed by atoms with E-state index in [9.17, 15) is 9.35 Å². The largest absolute Gasteiger partial charge is 0.569 e. The Hall–Kier alpha value is -0.400. The van der Waals surface area contributed by atoms with Crippen LogP contribution in [-0.4, -0.2) is 12.9 Å². The molecule has 0 aromatic carbocycles. The van der Waals surface area contributed by atoms with E-state index in [2.05, 4.69) is 11.3 Å². The number of rotatable bonds is 7. The van der Waals surface area contributed by atoms with Crippen LogP contribution in [0.2, 0.25) is 9.36 Å². The molecule has 0 N–H and O–H groups in total. The van der Waals surface area contributed by atoms with E-state index in [0.29, 0.717) is 4.34 Å². The maximum Gasteiger partial charge on any atom is 0.280 e. The third kappa shape index (κ3) is 7.24. The molecule has 2 aromatic heterocycles. The van der Waals surface area contributed by atoms with E-state index >= 15 is 0 Å². The molecule has 2 heterocycles. The lowest BCUT2D eigenvalue weighted by molar-refractivity contribution is 0.569. The Balaban J connectivity index is 0.000000335. The van der Waals surface area contributed by atoms with Crippen molar-refractivity contribution in [2.45, 2.75) is 52.0 Å². The Morgan fingerprint density at radius 1 is 1.27 bits per heavy atom. The highest BCUT2D eigenvalue weighted by Gasteiger charge is 2.10. The second-order valence-corrected chi connectivity index (χ2v) is 7.76. The third-order valence-electron chi connectivity index (χ3n) is 2.94. The maximum absolute atomic E-state index is 11.5. The molecule has 0 radical (unpaired) electrons. The van der Waals surface area contributed by atoms with E-state index in [-0.39, 0.29) is 10.6 Å². The van der Waals surface area contributed by atoms with E-state index in [1.54, 1.807) is 10.0 Å². The van der Waals surface area contributed by atoms with Crippen molar-refractivity contribution in [2.24, 2.45) is 0 Å². The highest BCUT2D eigenvalue weighted by Crippen LogP contribution is 2.23. The lowest BCUT2D eigenvalue weighted by Crippen LogP contribution is -2.13. The van der Waals surface area contributed by atoms with Gasteiger partial charge in [0.2, 0.25) is 0 Å². The van der Waals surface area contributed by atoms with Crippen molar-refractivity contribution in [1.29, 1.82) is 0 Å². The minimum absolute atomic E-state index is 0.148. The first kappa shape index (κ1) is 19.6. The Morgan fingerprint density at radius 2 is 1.95 bits per heavy atom. The number of aromatic nitrogens is 2. The molecule has 1 atom stereocenters. The lowest BCUT2D eigenvalue weighted by atomic mass is 10.1. The second kappa shape index (κ2) is 11.2. The van der Waals surface area contributed by atoms with Crippen molar-refractivity contribution in [1.82, 2.24) is 8.33 Å². The summed E-state index contributed by atoms with van der Waals surface area (Å²) >= 11 is 12.8. The molecular weight excluding hydrogens is 363 g/mol. The highest BCUT2D eigenvalue weighted by molar-refractivity contribution is 7.17. The van der Waals surface area contributed by atoms with Gasteiger partial charge in [-0.3, -0.25) is 8.75 Å². The van der Waals surface area contributed by atoms with Gasteiger partial charge < -0.3 is 4.55 Å². The fourth-order valence-corrected chi connectivity index (χ4v) is 3.59. The zero-order chi connectivity index (χ0) is 16.4. The molecule has 0 saturated heterocycles. The summed E-state index contributed by atoms with van der Waals surface area (Å²) in [5.74, 6) is 0. The van der Waals surface area contributed by atoms with E-state index in [0.717, 1.165) is 13.0 Å². The van der Waals surface area contributed by atoms with Crippen LogP contribution < -0.4 is 5.56 Å². The van der Waals surface area contributed by atoms with Crippen molar-refractivity contribution < 1.29 is 4.55 Å². The van der Waals surface area contributed by atoms with Crippen LogP contribution in [-0.2, 0) is 6.54 Å². The fourth-order valence-electron chi connectivity index (χ4n) is 1.79. The topological polar surface area (TPSA) is 58.0 Å². The maximum atomic E-state index is 11.5. The average molecular weight is 383 g/mol. The van der Waals surface area contributed by atoms with Crippen LogP contribution in [0.3, 0.4) is 0 Å². The number of hydrogen-bond acceptors (Lipinski definition) is 4. The molecule has 2 aromatic rings. The molecule has 124 valence electrons. The molecule has 8 heteroatoms. The van der Waals surface area contributed by atoms with Crippen LogP contribution in [0.5, 0.6) is 0 Å². The number of nitrogens with zero attached hydrogens (tertiary/aromatic N) is 2. The van der Waals surface area contributed by atoms with Gasteiger partial charge in [-0.15, -0.1) is 0 Å². The zero-order valence-corrected chi connectivity index (χ0v) is 15.6. The number of halogens is 2. The molecule has 2 rings (SSSR count). The lowest BCUT2D eigenvalue weighted by Gasteiger charge is -2.00. The number of aryl methyl sites for hydroxylation is 1. The van der Waals surface area contributed by atoms with E-state index in [1.165, 1.54) is 55.2 Å². The summed E-state index contributed by atoms with van der Waals surface area (Å²) in [4.78, 5) is 11.5. The molecule has 0 bridgehead atoms. The van der Waals surface area contributed by atoms with Crippen LogP contribution in [0, 0.1) is 0 Å². The number of hydrogen-bond donors (Lipinski definition) is 0. The smallest absolute Gasteiger partial charge is 0.280 e. The predicted molar refractivity (Wildman–Crippen MR) is 94.9 cm³/mol. The molecule has 0 saturated carbocycles. The van der Waals surface area contributed by atoms with E-state index in [4.69, 9.17) is 23.2 Å². The molecule has 1 unspecified atom stereocenters. The highest BCUT2D eigenvalue weighted by atomic mass is 35.5. The summed E-state index contributed by atoms with van der Waals surface area (Å²) in [5.41, 5.74) is -0.148. The Morgan fingerprint density at radius 3 is 2.41 bits per heavy atom. The van der Waals surface area contributed by atoms with Gasteiger partial charge in [0.1, 0.15) is 9.36 Å². The Labute approximate surface area is 147 Å². The molecule has 0 aliphatic heterocycles. The van der Waals surface area contributed by atoms with Gasteiger partial charge in [-0.2, -0.15) is 0 Å². The molecule has 4 nitrogen and oxygen atoms in total. The summed E-state index contributed by atoms with van der Waals surface area (Å²) in [6, 6.07) is 1.66. The van der Waals surface area contributed by atoms with Crippen molar-refractivity contribution in [3.8, 4) is 0 Å². The van der Waals surface area contributed by atoms with Crippen LogP contribution in [0.25, 0.3) is 0 Å². The quantitative estimate of drug-likeness (QED) is 0.476. The van der Waals surface area contributed by atoms with Gasteiger partial charge in [0.15, 0.2) is 5.38 Å². The van der Waals surface area contributed by atoms with Gasteiger partial charge in [-0.05, 0) is 22.3 Å². The summed E-state index contributed by atoms with van der Waals surface area (Å²) in [7, 11) is -1.03. The molecule has 0 aliphatic rings. The monoisotopic (exact) mass is 382 g/mol. The molecule has 0 fully saturated rings. The van der Waals surface area contributed by atoms with Crippen LogP contribution >= 0.6 is 45.7 Å². The van der Waals surface area contributed by atoms with Gasteiger partial charge in [0.25, 0.3) is 5.56 Å². The van der Waals surface area contributed by atoms with Crippen molar-refractivity contribution >= 4 is 45.7 Å². The number of unbranched alkanes of at least 4 members (excludes halogenated alkanes) is 5. The first-order chi connectivity index (χ1) is 10.6. The van der Waals surface area contributed by atoms with Crippen molar-refractivity contribution in [2.75, 3.05) is 0 Å². The Bertz CT molecular complexity index is 582. The summed E-state index contributed by atoms with van der Waals surface area (Å²) in [6.45, 7) is 2.94. The zero-order valence-electron chi connectivity index (χ0n) is 12.5. The third-order valence-corrected chi connectivity index (χ3v) is 5.55. The van der Waals surface area contributed by atoms with E-state index < -0.39 is 10.9 Å². The van der Waals surface area contributed by atoms with Gasteiger partial charge in [-0.25, -0.2) is 0 Å². The SMILES string of the molecule is CCCCCCCCn1sc(Cl)c(Cl)c1=O.[O-][s+]1cccn1. The first-order valence-corrected chi connectivity index (χ1v) is 9.92. The first-order valence-electron chi connectivity index (χ1n) is 7.23. The van der Waals surface area contributed by atoms with Crippen LogP contribution in [0.15, 0.2) is 22.4 Å². The summed E-state index contributed by atoms with van der Waals surface area (Å²) < 4.78 is 15.6. The van der Waals surface area contributed by atoms with Gasteiger partial charge >= 0.3 is 0 Å². The van der Waals surface area contributed by atoms with Gasteiger partial charge in [-0.1, -0.05) is 62.2 Å². The fraction of sp³-hybridized carbons (Fsp3) is 0.571. The van der Waals surface area contributed by atoms with Crippen LogP contribution in [0.4, 0.5) is 0 Å². The van der Waals surface area contributed by atoms with E-state index in [1.807, 2.05) is 0 Å². The summed E-state index contributed by atoms with van der Waals surface area (Å²) in [5, 5.41) is 1.69. The average Bonchev–Trinajstić information content (AvgIpc) is 3.07.